The Morgan fingerprint density at radius 1 is 1.13 bits per heavy atom. The number of rotatable bonds is 4. The van der Waals surface area contributed by atoms with E-state index in [1.54, 1.807) is 24.1 Å². The fourth-order valence-electron chi connectivity index (χ4n) is 2.58. The number of likely N-dealkylation sites (N-methyl/N-ethyl adjacent to an activating group) is 1. The zero-order valence-corrected chi connectivity index (χ0v) is 14.2. The smallest absolute Gasteiger partial charge is 0.227 e. The number of H-pyrrole nitrogens is 1. The lowest BCUT2D eigenvalue weighted by molar-refractivity contribution is -0.129. The van der Waals surface area contributed by atoms with Gasteiger partial charge in [-0.3, -0.25) is 4.79 Å². The highest BCUT2D eigenvalue weighted by molar-refractivity contribution is 6.42. The summed E-state index contributed by atoms with van der Waals surface area (Å²) in [4.78, 5) is 17.4. The van der Waals surface area contributed by atoms with Crippen molar-refractivity contribution < 1.29 is 4.79 Å². The summed E-state index contributed by atoms with van der Waals surface area (Å²) in [6.07, 6.45) is 2.26. The third kappa shape index (κ3) is 3.52. The second kappa shape index (κ2) is 6.65. The first kappa shape index (κ1) is 15.9. The molecule has 0 fully saturated rings. The molecule has 0 unspecified atom stereocenters. The van der Waals surface area contributed by atoms with E-state index in [1.807, 2.05) is 36.5 Å². The molecule has 0 aliphatic carbocycles. The first-order chi connectivity index (χ1) is 11.0. The maximum absolute atomic E-state index is 12.5. The normalized spacial score (nSPS) is 10.9. The summed E-state index contributed by atoms with van der Waals surface area (Å²) >= 11 is 11.9. The Bertz CT molecular complexity index is 857. The second-order valence-electron chi connectivity index (χ2n) is 5.53. The molecule has 0 radical (unpaired) electrons. The van der Waals surface area contributed by atoms with Gasteiger partial charge in [0.15, 0.2) is 0 Å². The molecule has 0 bridgehead atoms. The Balaban J connectivity index is 1.71. The molecule has 1 aromatic heterocycles. The molecule has 0 saturated carbocycles. The molecule has 1 amide bonds. The summed E-state index contributed by atoms with van der Waals surface area (Å²) in [5, 5.41) is 2.11. The molecule has 1 heterocycles. The third-order valence-corrected chi connectivity index (χ3v) is 4.59. The van der Waals surface area contributed by atoms with Gasteiger partial charge in [-0.15, -0.1) is 0 Å². The number of hydrogen-bond donors (Lipinski definition) is 1. The van der Waals surface area contributed by atoms with Gasteiger partial charge < -0.3 is 9.88 Å². The molecule has 1 N–H and O–H groups in total. The number of aromatic amines is 1. The van der Waals surface area contributed by atoms with Gasteiger partial charge in [-0.05, 0) is 29.3 Å². The molecule has 2 aromatic carbocycles. The van der Waals surface area contributed by atoms with Gasteiger partial charge in [0.1, 0.15) is 0 Å². The highest BCUT2D eigenvalue weighted by Crippen LogP contribution is 2.23. The van der Waals surface area contributed by atoms with Crippen molar-refractivity contribution in [2.45, 2.75) is 13.0 Å². The zero-order chi connectivity index (χ0) is 16.4. The molecule has 0 aliphatic heterocycles. The van der Waals surface area contributed by atoms with Gasteiger partial charge in [-0.25, -0.2) is 0 Å². The van der Waals surface area contributed by atoms with E-state index in [0.717, 1.165) is 22.0 Å². The molecule has 5 heteroatoms. The lowest BCUT2D eigenvalue weighted by atomic mass is 10.1. The molecule has 3 aromatic rings. The number of nitrogens with one attached hydrogen (secondary N) is 1. The van der Waals surface area contributed by atoms with Gasteiger partial charge in [0.2, 0.25) is 5.91 Å². The van der Waals surface area contributed by atoms with Gasteiger partial charge in [0.05, 0.1) is 16.5 Å². The zero-order valence-electron chi connectivity index (χ0n) is 12.6. The van der Waals surface area contributed by atoms with Crippen LogP contribution in [0.5, 0.6) is 0 Å². The SMILES string of the molecule is CN(Cc1ccc(Cl)c(Cl)c1)C(=O)Cc1c[nH]c2ccccc12. The van der Waals surface area contributed by atoms with E-state index in [0.29, 0.717) is 23.0 Å². The van der Waals surface area contributed by atoms with Crippen LogP contribution in [0.4, 0.5) is 0 Å². The number of nitrogens with zero attached hydrogens (tertiary/aromatic N) is 1. The van der Waals surface area contributed by atoms with Gasteiger partial charge in [-0.2, -0.15) is 0 Å². The number of benzene rings is 2. The lowest BCUT2D eigenvalue weighted by Crippen LogP contribution is -2.27. The highest BCUT2D eigenvalue weighted by atomic mass is 35.5. The summed E-state index contributed by atoms with van der Waals surface area (Å²) in [6, 6.07) is 13.4. The van der Waals surface area contributed by atoms with E-state index >= 15 is 0 Å². The monoisotopic (exact) mass is 346 g/mol. The maximum atomic E-state index is 12.5. The van der Waals surface area contributed by atoms with Gasteiger partial charge in [0, 0.05) is 30.7 Å². The average Bonchev–Trinajstić information content (AvgIpc) is 2.94. The van der Waals surface area contributed by atoms with E-state index in [2.05, 4.69) is 4.98 Å². The number of carbonyl (C=O) groups excluding carboxylic acids is 1. The summed E-state index contributed by atoms with van der Waals surface area (Å²) in [6.45, 7) is 0.498. The summed E-state index contributed by atoms with van der Waals surface area (Å²) in [7, 11) is 1.79. The molecule has 3 nitrogen and oxygen atoms in total. The molecule has 0 aliphatic rings. The summed E-state index contributed by atoms with van der Waals surface area (Å²) < 4.78 is 0. The number of fused-ring (bicyclic) bond motifs is 1. The molecule has 0 spiro atoms. The molecular formula is C18H16Cl2N2O. The Hall–Kier alpha value is -1.97. The molecule has 3 rings (SSSR count). The van der Waals surface area contributed by atoms with Crippen LogP contribution in [0.1, 0.15) is 11.1 Å². The topological polar surface area (TPSA) is 36.1 Å². The molecule has 0 saturated heterocycles. The summed E-state index contributed by atoms with van der Waals surface area (Å²) in [5.41, 5.74) is 3.00. The van der Waals surface area contributed by atoms with Crippen molar-refractivity contribution in [2.24, 2.45) is 0 Å². The largest absolute Gasteiger partial charge is 0.361 e. The van der Waals surface area contributed by atoms with Crippen molar-refractivity contribution >= 4 is 40.0 Å². The van der Waals surface area contributed by atoms with Crippen LogP contribution in [0.2, 0.25) is 10.0 Å². The van der Waals surface area contributed by atoms with Crippen molar-refractivity contribution in [2.75, 3.05) is 7.05 Å². The fraction of sp³-hybridized carbons (Fsp3) is 0.167. The van der Waals surface area contributed by atoms with Crippen molar-refractivity contribution in [1.82, 2.24) is 9.88 Å². The number of para-hydroxylation sites is 1. The Morgan fingerprint density at radius 2 is 1.91 bits per heavy atom. The predicted molar refractivity (Wildman–Crippen MR) is 94.9 cm³/mol. The van der Waals surface area contributed by atoms with E-state index < -0.39 is 0 Å². The summed E-state index contributed by atoms with van der Waals surface area (Å²) in [5.74, 6) is 0.0563. The fourth-order valence-corrected chi connectivity index (χ4v) is 2.90. The van der Waals surface area contributed by atoms with Gasteiger partial charge in [-0.1, -0.05) is 47.5 Å². The van der Waals surface area contributed by atoms with E-state index in [1.165, 1.54) is 0 Å². The van der Waals surface area contributed by atoms with Crippen LogP contribution in [0.15, 0.2) is 48.7 Å². The third-order valence-electron chi connectivity index (χ3n) is 3.85. The minimum atomic E-state index is 0.0563. The minimum Gasteiger partial charge on any atom is -0.361 e. The van der Waals surface area contributed by atoms with E-state index in [9.17, 15) is 4.79 Å². The number of hydrogen-bond acceptors (Lipinski definition) is 1. The van der Waals surface area contributed by atoms with E-state index in [4.69, 9.17) is 23.2 Å². The highest BCUT2D eigenvalue weighted by Gasteiger charge is 2.13. The first-order valence-corrected chi connectivity index (χ1v) is 8.03. The van der Waals surface area contributed by atoms with Crippen LogP contribution in [0.25, 0.3) is 10.9 Å². The van der Waals surface area contributed by atoms with Crippen molar-refractivity contribution in [3.63, 3.8) is 0 Å². The van der Waals surface area contributed by atoms with Crippen LogP contribution < -0.4 is 0 Å². The van der Waals surface area contributed by atoms with Gasteiger partial charge >= 0.3 is 0 Å². The molecule has 0 atom stereocenters. The predicted octanol–water partition coefficient (Wildman–Crippen LogP) is 4.68. The first-order valence-electron chi connectivity index (χ1n) is 7.27. The lowest BCUT2D eigenvalue weighted by Gasteiger charge is -2.17. The van der Waals surface area contributed by atoms with Crippen LogP contribution in [-0.2, 0) is 17.8 Å². The molecule has 118 valence electrons. The minimum absolute atomic E-state index is 0.0563. The van der Waals surface area contributed by atoms with E-state index in [-0.39, 0.29) is 5.91 Å². The van der Waals surface area contributed by atoms with Crippen LogP contribution in [-0.4, -0.2) is 22.8 Å². The standard InChI is InChI=1S/C18H16Cl2N2O/c1-22(11-12-6-7-15(19)16(20)8-12)18(23)9-13-10-21-17-5-3-2-4-14(13)17/h2-8,10,21H,9,11H2,1H3. The number of halogens is 2. The average molecular weight is 347 g/mol. The van der Waals surface area contributed by atoms with Gasteiger partial charge in [0.25, 0.3) is 0 Å². The van der Waals surface area contributed by atoms with Crippen LogP contribution >= 0.6 is 23.2 Å². The number of carbonyl (C=O) groups is 1. The second-order valence-corrected chi connectivity index (χ2v) is 6.35. The Morgan fingerprint density at radius 3 is 2.70 bits per heavy atom. The quantitative estimate of drug-likeness (QED) is 0.731. The molecular weight excluding hydrogens is 331 g/mol. The number of amides is 1. The van der Waals surface area contributed by atoms with Crippen molar-refractivity contribution in [1.29, 1.82) is 0 Å². The van der Waals surface area contributed by atoms with Crippen molar-refractivity contribution in [3.8, 4) is 0 Å². The molecule has 23 heavy (non-hydrogen) atoms. The van der Waals surface area contributed by atoms with Crippen molar-refractivity contribution in [3.05, 3.63) is 69.8 Å². The van der Waals surface area contributed by atoms with Crippen LogP contribution in [0, 0.1) is 0 Å². The maximum Gasteiger partial charge on any atom is 0.227 e. The Labute approximate surface area is 144 Å². The Kier molecular flexibility index (Phi) is 4.60. The number of aromatic nitrogens is 1. The van der Waals surface area contributed by atoms with Crippen LogP contribution in [0.3, 0.4) is 0 Å².